The van der Waals surface area contributed by atoms with Crippen LogP contribution in [-0.4, -0.2) is 35.2 Å². The third-order valence-corrected chi connectivity index (χ3v) is 4.86. The summed E-state index contributed by atoms with van der Waals surface area (Å²) in [6.45, 7) is 5.65. The highest BCUT2D eigenvalue weighted by atomic mass is 19.2. The van der Waals surface area contributed by atoms with E-state index in [-0.39, 0.29) is 18.1 Å². The highest BCUT2D eigenvalue weighted by Crippen LogP contribution is 2.51. The Kier molecular flexibility index (Phi) is 4.94. The number of amides is 1. The van der Waals surface area contributed by atoms with Gasteiger partial charge in [-0.25, -0.2) is 13.6 Å². The molecule has 1 aromatic rings. The lowest BCUT2D eigenvalue weighted by atomic mass is 9.54. The molecule has 1 fully saturated rings. The number of carboxylic acid groups (broad SMARTS) is 1. The van der Waals surface area contributed by atoms with Crippen LogP contribution in [0.3, 0.4) is 0 Å². The van der Waals surface area contributed by atoms with E-state index in [0.717, 1.165) is 6.07 Å². The quantitative estimate of drug-likeness (QED) is 0.832. The second-order valence-corrected chi connectivity index (χ2v) is 6.52. The van der Waals surface area contributed by atoms with Crippen molar-refractivity contribution in [2.75, 3.05) is 6.61 Å². The molecule has 1 aliphatic carbocycles. The van der Waals surface area contributed by atoms with Crippen molar-refractivity contribution in [1.82, 2.24) is 5.32 Å². The van der Waals surface area contributed by atoms with Gasteiger partial charge in [0.05, 0.1) is 12.5 Å². The molecule has 2 rings (SSSR count). The molecule has 7 heteroatoms. The molecule has 0 heterocycles. The lowest BCUT2D eigenvalue weighted by Gasteiger charge is -2.58. The molecule has 0 saturated heterocycles. The Morgan fingerprint density at radius 1 is 1.38 bits per heavy atom. The van der Waals surface area contributed by atoms with Crippen LogP contribution in [0.15, 0.2) is 18.2 Å². The highest BCUT2D eigenvalue weighted by molar-refractivity contribution is 5.90. The zero-order valence-electron chi connectivity index (χ0n) is 13.9. The first-order valence-electron chi connectivity index (χ1n) is 7.74. The maximum absolute atomic E-state index is 13.7. The van der Waals surface area contributed by atoms with Crippen molar-refractivity contribution in [3.05, 3.63) is 35.4 Å². The topological polar surface area (TPSA) is 75.6 Å². The predicted octanol–water partition coefficient (Wildman–Crippen LogP) is 2.28. The standard InChI is InChI=1S/C17H21F2NO4/c1-4-24-12-9-17(15(22)23,16(12,2)3)20-13(21)8-10-6-5-7-11(18)14(10)19/h5-7,12H,4,8-9H2,1-3H3,(H,20,21)(H,22,23). The molecule has 24 heavy (non-hydrogen) atoms. The van der Waals surface area contributed by atoms with E-state index in [4.69, 9.17) is 4.74 Å². The molecule has 132 valence electrons. The van der Waals surface area contributed by atoms with Crippen molar-refractivity contribution in [1.29, 1.82) is 0 Å². The van der Waals surface area contributed by atoms with Crippen LogP contribution in [0.5, 0.6) is 0 Å². The summed E-state index contributed by atoms with van der Waals surface area (Å²) in [6, 6.07) is 3.55. The van der Waals surface area contributed by atoms with Crippen LogP contribution in [0.1, 0.15) is 32.8 Å². The molecular weight excluding hydrogens is 320 g/mol. The van der Waals surface area contributed by atoms with Gasteiger partial charge in [0, 0.05) is 24.0 Å². The molecule has 0 radical (unpaired) electrons. The number of halogens is 2. The Hall–Kier alpha value is -2.02. The van der Waals surface area contributed by atoms with Gasteiger partial charge in [0.25, 0.3) is 0 Å². The zero-order valence-corrected chi connectivity index (χ0v) is 13.9. The number of carboxylic acids is 1. The second kappa shape index (κ2) is 6.47. The number of aliphatic carboxylic acids is 1. The minimum absolute atomic E-state index is 0.119. The Bertz CT molecular complexity index is 662. The van der Waals surface area contributed by atoms with Gasteiger partial charge >= 0.3 is 5.97 Å². The fourth-order valence-electron chi connectivity index (χ4n) is 3.18. The van der Waals surface area contributed by atoms with E-state index in [1.165, 1.54) is 12.1 Å². The molecule has 2 N–H and O–H groups in total. The largest absolute Gasteiger partial charge is 0.479 e. The van der Waals surface area contributed by atoms with Crippen LogP contribution in [0.25, 0.3) is 0 Å². The summed E-state index contributed by atoms with van der Waals surface area (Å²) >= 11 is 0. The van der Waals surface area contributed by atoms with Crippen molar-refractivity contribution in [2.45, 2.75) is 45.3 Å². The third-order valence-electron chi connectivity index (χ3n) is 4.86. The molecule has 0 spiro atoms. The number of ether oxygens (including phenoxy) is 1. The van der Waals surface area contributed by atoms with E-state index in [9.17, 15) is 23.5 Å². The van der Waals surface area contributed by atoms with E-state index in [2.05, 4.69) is 5.32 Å². The van der Waals surface area contributed by atoms with Crippen LogP contribution >= 0.6 is 0 Å². The summed E-state index contributed by atoms with van der Waals surface area (Å²) < 4.78 is 32.4. The number of benzene rings is 1. The molecule has 5 nitrogen and oxygen atoms in total. The van der Waals surface area contributed by atoms with Crippen molar-refractivity contribution in [3.63, 3.8) is 0 Å². The Morgan fingerprint density at radius 3 is 2.58 bits per heavy atom. The minimum Gasteiger partial charge on any atom is -0.479 e. The number of hydrogen-bond acceptors (Lipinski definition) is 3. The van der Waals surface area contributed by atoms with Gasteiger partial charge in [-0.2, -0.15) is 0 Å². The molecule has 0 bridgehead atoms. The summed E-state index contributed by atoms with van der Waals surface area (Å²) in [6.07, 6.45) is -0.612. The molecule has 1 amide bonds. The van der Waals surface area contributed by atoms with Gasteiger partial charge in [-0.3, -0.25) is 4.79 Å². The smallest absolute Gasteiger partial charge is 0.330 e. The SMILES string of the molecule is CCOC1CC(NC(=O)Cc2cccc(F)c2F)(C(=O)O)C1(C)C. The lowest BCUT2D eigenvalue weighted by molar-refractivity contribution is -0.194. The molecule has 1 aliphatic rings. The van der Waals surface area contributed by atoms with Gasteiger partial charge in [-0.15, -0.1) is 0 Å². The van der Waals surface area contributed by atoms with Crippen molar-refractivity contribution in [2.24, 2.45) is 5.41 Å². The maximum Gasteiger partial charge on any atom is 0.330 e. The summed E-state index contributed by atoms with van der Waals surface area (Å²) in [7, 11) is 0. The third kappa shape index (κ3) is 2.88. The monoisotopic (exact) mass is 341 g/mol. The summed E-state index contributed by atoms with van der Waals surface area (Å²) in [5.74, 6) is -3.99. The average Bonchev–Trinajstić information content (AvgIpc) is 2.50. The molecule has 1 aromatic carbocycles. The molecule has 1 saturated carbocycles. The lowest BCUT2D eigenvalue weighted by Crippen LogP contribution is -2.76. The Labute approximate surface area is 139 Å². The van der Waals surface area contributed by atoms with Gasteiger partial charge in [0.1, 0.15) is 5.54 Å². The maximum atomic E-state index is 13.7. The van der Waals surface area contributed by atoms with Gasteiger partial charge in [-0.05, 0) is 13.0 Å². The first-order chi connectivity index (χ1) is 11.2. The number of hydrogen-bond donors (Lipinski definition) is 2. The molecule has 2 unspecified atom stereocenters. The van der Waals surface area contributed by atoms with Crippen LogP contribution in [0, 0.1) is 17.0 Å². The number of rotatable bonds is 6. The fourth-order valence-corrected chi connectivity index (χ4v) is 3.18. The van der Waals surface area contributed by atoms with E-state index in [1.54, 1.807) is 13.8 Å². The predicted molar refractivity (Wildman–Crippen MR) is 82.4 cm³/mol. The van der Waals surface area contributed by atoms with E-state index in [1.807, 2.05) is 6.92 Å². The fraction of sp³-hybridized carbons (Fsp3) is 0.529. The van der Waals surface area contributed by atoms with E-state index < -0.39 is 40.9 Å². The van der Waals surface area contributed by atoms with E-state index in [0.29, 0.717) is 6.61 Å². The highest BCUT2D eigenvalue weighted by Gasteiger charge is 2.66. The average molecular weight is 341 g/mol. The summed E-state index contributed by atoms with van der Waals surface area (Å²) in [5.41, 5.74) is -2.44. The molecular formula is C17H21F2NO4. The van der Waals surface area contributed by atoms with Crippen LogP contribution in [-0.2, 0) is 20.7 Å². The number of carbonyl (C=O) groups excluding carboxylic acids is 1. The van der Waals surface area contributed by atoms with Crippen molar-refractivity contribution < 1.29 is 28.2 Å². The normalized spacial score (nSPS) is 25.0. The van der Waals surface area contributed by atoms with Gasteiger partial charge < -0.3 is 15.2 Å². The van der Waals surface area contributed by atoms with Crippen molar-refractivity contribution >= 4 is 11.9 Å². The van der Waals surface area contributed by atoms with E-state index >= 15 is 0 Å². The van der Waals surface area contributed by atoms with Crippen LogP contribution in [0.4, 0.5) is 8.78 Å². The molecule has 2 atom stereocenters. The molecule has 0 aliphatic heterocycles. The Morgan fingerprint density at radius 2 is 2.04 bits per heavy atom. The van der Waals surface area contributed by atoms with Crippen LogP contribution < -0.4 is 5.32 Å². The van der Waals surface area contributed by atoms with Crippen LogP contribution in [0.2, 0.25) is 0 Å². The van der Waals surface area contributed by atoms with Gasteiger partial charge in [0.2, 0.25) is 5.91 Å². The first kappa shape index (κ1) is 18.3. The second-order valence-electron chi connectivity index (χ2n) is 6.52. The van der Waals surface area contributed by atoms with Crippen molar-refractivity contribution in [3.8, 4) is 0 Å². The minimum atomic E-state index is -1.49. The summed E-state index contributed by atoms with van der Waals surface area (Å²) in [4.78, 5) is 24.0. The zero-order chi connectivity index (χ0) is 18.1. The summed E-state index contributed by atoms with van der Waals surface area (Å²) in [5, 5.41) is 12.1. The van der Waals surface area contributed by atoms with Gasteiger partial charge in [-0.1, -0.05) is 26.0 Å². The Balaban J connectivity index is 2.16. The number of carbonyl (C=O) groups is 2. The first-order valence-corrected chi connectivity index (χ1v) is 7.74. The molecule has 0 aromatic heterocycles. The number of nitrogens with one attached hydrogen (secondary N) is 1. The van der Waals surface area contributed by atoms with Gasteiger partial charge in [0.15, 0.2) is 11.6 Å².